The number of hydrogen-bond donors (Lipinski definition) is 0. The third-order valence-corrected chi connectivity index (χ3v) is 15.2. The quantitative estimate of drug-likeness (QED) is 0.0237. The van der Waals surface area contributed by atoms with Crippen LogP contribution in [0.5, 0.6) is 0 Å². The number of carbonyl (C=O) groups excluding carboxylic acids is 9. The molecule has 4 fully saturated rings. The number of carbonyl (C=O) groups is 9. The Bertz CT molecular complexity index is 1860. The molecule has 0 bridgehead atoms. The predicted molar refractivity (Wildman–Crippen MR) is 298 cm³/mol. The van der Waals surface area contributed by atoms with Gasteiger partial charge in [-0.1, -0.05) is 6.42 Å². The fraction of sp³-hybridized carbons (Fsp3) is 0.855. The van der Waals surface area contributed by atoms with Gasteiger partial charge in [-0.25, -0.2) is 0 Å². The van der Waals surface area contributed by atoms with Crippen molar-refractivity contribution in [3.05, 3.63) is 0 Å². The smallest absolute Gasteiger partial charge is 0.311 e. The van der Waals surface area contributed by atoms with Gasteiger partial charge in [0.25, 0.3) is 0 Å². The van der Waals surface area contributed by atoms with Gasteiger partial charge in [-0.2, -0.15) is 0 Å². The minimum Gasteiger partial charge on any atom is -0.466 e. The van der Waals surface area contributed by atoms with E-state index in [1.807, 2.05) is 0 Å². The van der Waals surface area contributed by atoms with Crippen LogP contribution in [-0.2, 0) is 95.3 Å². The second-order valence-electron chi connectivity index (χ2n) is 22.4. The van der Waals surface area contributed by atoms with Crippen LogP contribution in [0.2, 0.25) is 0 Å². The molecule has 6 unspecified atom stereocenters. The van der Waals surface area contributed by atoms with Crippen molar-refractivity contribution in [1.82, 2.24) is 0 Å². The van der Waals surface area contributed by atoms with Crippen molar-refractivity contribution in [2.45, 2.75) is 268 Å². The van der Waals surface area contributed by atoms with Gasteiger partial charge in [0, 0.05) is 57.3 Å². The number of rotatable bonds is 51. The molecule has 4 aliphatic rings. The summed E-state index contributed by atoms with van der Waals surface area (Å²) in [4.78, 5) is 109. The molecule has 0 aromatic heterocycles. The largest absolute Gasteiger partial charge is 0.466 e. The lowest BCUT2D eigenvalue weighted by Gasteiger charge is -2.17. The SMILES string of the molecule is O=C(CCCCCOC(=O)CCCCCOC(=O)CCCCCOC(=O)CCCCCOC(=O)C1CCCC2OC21)OCCCCCC(=O)OCCCCCC(=O)OCCCCCC(=O)OCCCCCC(=O)OCC1CCCC2OC12. The van der Waals surface area contributed by atoms with E-state index in [1.54, 1.807) is 0 Å². The van der Waals surface area contributed by atoms with E-state index in [2.05, 4.69) is 0 Å². The molecule has 0 spiro atoms. The van der Waals surface area contributed by atoms with Crippen LogP contribution in [0, 0.1) is 11.8 Å². The molecule has 0 N–H and O–H groups in total. The summed E-state index contributed by atoms with van der Waals surface area (Å²) in [5, 5.41) is 0. The summed E-state index contributed by atoms with van der Waals surface area (Å²) >= 11 is 0. The van der Waals surface area contributed by atoms with Gasteiger partial charge in [0.15, 0.2) is 0 Å². The Morgan fingerprint density at radius 3 is 0.841 bits per heavy atom. The average Bonchev–Trinajstić information content (AvgIpc) is 4.61. The molecule has 4 rings (SSSR count). The van der Waals surface area contributed by atoms with Gasteiger partial charge in [-0.15, -0.1) is 0 Å². The Labute approximate surface area is 487 Å². The number of epoxide rings is 2. The van der Waals surface area contributed by atoms with Crippen LogP contribution in [-0.4, -0.2) is 138 Å². The fourth-order valence-electron chi connectivity index (χ4n) is 10.2. The number of fused-ring (bicyclic) bond motifs is 2. The lowest BCUT2D eigenvalue weighted by molar-refractivity contribution is -0.150. The van der Waals surface area contributed by atoms with Crippen molar-refractivity contribution in [2.75, 3.05) is 59.5 Å². The highest BCUT2D eigenvalue weighted by molar-refractivity contribution is 5.74. The van der Waals surface area contributed by atoms with E-state index in [4.69, 9.17) is 52.1 Å². The Morgan fingerprint density at radius 2 is 0.524 bits per heavy atom. The lowest BCUT2D eigenvalue weighted by atomic mass is 9.89. The van der Waals surface area contributed by atoms with Crippen molar-refractivity contribution < 1.29 is 95.3 Å². The third kappa shape index (κ3) is 35.3. The first-order valence-corrected chi connectivity index (χ1v) is 31.7. The minimum atomic E-state index is -0.273. The van der Waals surface area contributed by atoms with E-state index in [9.17, 15) is 43.2 Å². The van der Waals surface area contributed by atoms with Gasteiger partial charge in [-0.3, -0.25) is 43.2 Å². The van der Waals surface area contributed by atoms with Crippen molar-refractivity contribution >= 4 is 53.7 Å². The topological polar surface area (TPSA) is 262 Å². The highest BCUT2D eigenvalue weighted by atomic mass is 16.6. The summed E-state index contributed by atoms with van der Waals surface area (Å²) in [6, 6.07) is 0. The summed E-state index contributed by atoms with van der Waals surface area (Å²) in [6.45, 7) is 2.97. The molecule has 0 aromatic carbocycles. The first kappa shape index (κ1) is 69.6. The average molecular weight is 1170 g/mol. The van der Waals surface area contributed by atoms with Gasteiger partial charge in [0.1, 0.15) is 0 Å². The molecule has 0 aromatic rings. The maximum atomic E-state index is 12.2. The molecule has 6 atom stereocenters. The summed E-state index contributed by atoms with van der Waals surface area (Å²) < 4.78 is 59.1. The first-order chi connectivity index (χ1) is 40.0. The Balaban J connectivity index is 0.772. The molecule has 2 saturated carbocycles. The maximum Gasteiger partial charge on any atom is 0.311 e. The van der Waals surface area contributed by atoms with Crippen molar-refractivity contribution in [1.29, 1.82) is 0 Å². The number of ether oxygens (including phenoxy) is 11. The van der Waals surface area contributed by atoms with Gasteiger partial charge in [0.05, 0.1) is 89.8 Å². The maximum absolute atomic E-state index is 12.2. The molecule has 2 aliphatic carbocycles. The van der Waals surface area contributed by atoms with Crippen LogP contribution < -0.4 is 0 Å². The van der Waals surface area contributed by atoms with E-state index in [-0.39, 0.29) is 84.4 Å². The van der Waals surface area contributed by atoms with Crippen LogP contribution in [0.15, 0.2) is 0 Å². The van der Waals surface area contributed by atoms with E-state index < -0.39 is 0 Å². The van der Waals surface area contributed by atoms with Crippen LogP contribution in [0.1, 0.15) is 244 Å². The molecular formula is C62H100O20. The summed E-state index contributed by atoms with van der Waals surface area (Å²) in [7, 11) is 0. The molecule has 2 aliphatic heterocycles. The van der Waals surface area contributed by atoms with Crippen LogP contribution in [0.3, 0.4) is 0 Å². The molecule has 0 amide bonds. The fourth-order valence-corrected chi connectivity index (χ4v) is 10.2. The summed E-state index contributed by atoms with van der Waals surface area (Å²) in [6.07, 6.45) is 26.3. The first-order valence-electron chi connectivity index (χ1n) is 31.7. The number of hydrogen-bond acceptors (Lipinski definition) is 20. The molecule has 2 heterocycles. The van der Waals surface area contributed by atoms with E-state index >= 15 is 0 Å². The van der Waals surface area contributed by atoms with Crippen molar-refractivity contribution in [3.8, 4) is 0 Å². The predicted octanol–water partition coefficient (Wildman–Crippen LogP) is 10.5. The highest BCUT2D eigenvalue weighted by Gasteiger charge is 2.51. The van der Waals surface area contributed by atoms with Crippen LogP contribution in [0.4, 0.5) is 0 Å². The minimum absolute atomic E-state index is 0.0595. The van der Waals surface area contributed by atoms with Gasteiger partial charge in [-0.05, 0) is 186 Å². The zero-order valence-corrected chi connectivity index (χ0v) is 49.4. The number of esters is 9. The Kier molecular flexibility index (Phi) is 37.9. The number of unbranched alkanes of at least 4 members (excludes halogenated alkanes) is 16. The van der Waals surface area contributed by atoms with Gasteiger partial charge < -0.3 is 52.1 Å². The molecule has 0 radical (unpaired) electrons. The van der Waals surface area contributed by atoms with E-state index in [0.717, 1.165) is 89.9 Å². The van der Waals surface area contributed by atoms with Gasteiger partial charge in [0.2, 0.25) is 0 Å². The lowest BCUT2D eigenvalue weighted by Crippen LogP contribution is -2.27. The van der Waals surface area contributed by atoms with Crippen molar-refractivity contribution in [3.63, 3.8) is 0 Å². The molecule has 82 heavy (non-hydrogen) atoms. The Hall–Kier alpha value is -4.85. The van der Waals surface area contributed by atoms with E-state index in [0.29, 0.717) is 219 Å². The second-order valence-corrected chi connectivity index (χ2v) is 22.4. The highest BCUT2D eigenvalue weighted by Crippen LogP contribution is 2.42. The molecule has 468 valence electrons. The zero-order chi connectivity index (χ0) is 58.7. The molecule has 20 nitrogen and oxygen atoms in total. The molecule has 2 saturated heterocycles. The monoisotopic (exact) mass is 1160 g/mol. The normalized spacial score (nSPS) is 19.3. The van der Waals surface area contributed by atoms with Crippen LogP contribution in [0.25, 0.3) is 0 Å². The zero-order valence-electron chi connectivity index (χ0n) is 49.4. The molecule has 20 heteroatoms. The van der Waals surface area contributed by atoms with Crippen LogP contribution >= 0.6 is 0 Å². The summed E-state index contributed by atoms with van der Waals surface area (Å²) in [5.41, 5.74) is 0. The molecular weight excluding hydrogens is 1060 g/mol. The third-order valence-electron chi connectivity index (χ3n) is 15.2. The summed E-state index contributed by atoms with van der Waals surface area (Å²) in [5.74, 6) is -1.94. The van der Waals surface area contributed by atoms with Gasteiger partial charge >= 0.3 is 53.7 Å². The van der Waals surface area contributed by atoms with Crippen molar-refractivity contribution in [2.24, 2.45) is 11.8 Å². The standard InChI is InChI=1S/C62H100O20/c63-52(31-9-2-18-40-73-54(65)33-11-4-20-42-75-56(67)35-13-6-22-44-77-58(69)37-15-8-24-46-79-62(71)49-28-26-30-51-61(49)82-51)72-39-17-1-10-32-53(64)74-41-19-3-12-34-55(66)76-43-21-5-14-36-57(68)78-45-23-7-16-38-59(70)80-47-48-27-25-29-50-60(48)81-50/h48-51,60-61H,1-47H2. The second kappa shape index (κ2) is 44.6. The van der Waals surface area contributed by atoms with E-state index in [1.165, 1.54) is 0 Å². The Morgan fingerprint density at radius 1 is 0.268 bits per heavy atom.